The second-order valence-corrected chi connectivity index (χ2v) is 5.98. The quantitative estimate of drug-likeness (QED) is 0.675. The highest BCUT2D eigenvalue weighted by molar-refractivity contribution is 6.34. The van der Waals surface area contributed by atoms with Gasteiger partial charge in [0.15, 0.2) is 0 Å². The molecule has 0 aliphatic carbocycles. The van der Waals surface area contributed by atoms with Crippen LogP contribution >= 0.6 is 11.6 Å². The number of aromatic nitrogens is 3. The molecular formula is C18H16ClN5O3. The van der Waals surface area contributed by atoms with Crippen molar-refractivity contribution in [3.05, 3.63) is 59.2 Å². The summed E-state index contributed by atoms with van der Waals surface area (Å²) in [7, 11) is 1.51. The van der Waals surface area contributed by atoms with Gasteiger partial charge in [-0.25, -0.2) is 0 Å². The number of rotatable bonds is 6. The van der Waals surface area contributed by atoms with Gasteiger partial charge in [-0.1, -0.05) is 16.8 Å². The third kappa shape index (κ3) is 4.68. The molecule has 0 bridgehead atoms. The van der Waals surface area contributed by atoms with Crippen LogP contribution in [0.5, 0.6) is 0 Å². The van der Waals surface area contributed by atoms with Crippen LogP contribution in [0, 0.1) is 0 Å². The molecule has 0 radical (unpaired) electrons. The van der Waals surface area contributed by atoms with E-state index in [9.17, 15) is 9.59 Å². The summed E-state index contributed by atoms with van der Waals surface area (Å²) in [5.74, 6) is 0.198. The van der Waals surface area contributed by atoms with E-state index in [0.717, 1.165) is 5.56 Å². The molecule has 1 aromatic carbocycles. The number of pyridine rings is 1. The van der Waals surface area contributed by atoms with Crippen molar-refractivity contribution in [2.24, 2.45) is 0 Å². The van der Waals surface area contributed by atoms with Crippen molar-refractivity contribution in [3.63, 3.8) is 0 Å². The molecule has 2 heterocycles. The Balaban J connectivity index is 1.59. The summed E-state index contributed by atoms with van der Waals surface area (Å²) >= 11 is 5.99. The highest BCUT2D eigenvalue weighted by Gasteiger charge is 2.13. The van der Waals surface area contributed by atoms with Gasteiger partial charge < -0.3 is 15.2 Å². The van der Waals surface area contributed by atoms with Crippen LogP contribution in [0.25, 0.3) is 11.4 Å². The fraction of sp³-hybridized carbons (Fsp3) is 0.167. The monoisotopic (exact) mass is 385 g/mol. The smallest absolute Gasteiger partial charge is 0.252 e. The number of anilines is 1. The lowest BCUT2D eigenvalue weighted by Gasteiger charge is -2.08. The Kier molecular flexibility index (Phi) is 5.77. The summed E-state index contributed by atoms with van der Waals surface area (Å²) in [6.07, 6.45) is 3.72. The number of hydrogen-bond acceptors (Lipinski definition) is 6. The van der Waals surface area contributed by atoms with E-state index >= 15 is 0 Å². The Morgan fingerprint density at radius 1 is 1.26 bits per heavy atom. The number of nitrogens with zero attached hydrogens (tertiary/aromatic N) is 3. The predicted molar refractivity (Wildman–Crippen MR) is 99.3 cm³/mol. The summed E-state index contributed by atoms with van der Waals surface area (Å²) in [6, 6.07) is 8.29. The Morgan fingerprint density at radius 2 is 2.11 bits per heavy atom. The fourth-order valence-corrected chi connectivity index (χ4v) is 2.53. The van der Waals surface area contributed by atoms with Crippen molar-refractivity contribution in [2.45, 2.75) is 12.8 Å². The number of aryl methyl sites for hydroxylation is 1. The van der Waals surface area contributed by atoms with Gasteiger partial charge in [-0.05, 0) is 30.3 Å². The Hall–Kier alpha value is -3.26. The van der Waals surface area contributed by atoms with E-state index in [-0.39, 0.29) is 30.2 Å². The molecule has 138 valence electrons. The van der Waals surface area contributed by atoms with Gasteiger partial charge in [0.05, 0.1) is 10.6 Å². The minimum absolute atomic E-state index is 0.145. The van der Waals surface area contributed by atoms with E-state index in [0.29, 0.717) is 22.4 Å². The van der Waals surface area contributed by atoms with Gasteiger partial charge in [0.25, 0.3) is 5.91 Å². The molecule has 2 aromatic heterocycles. The van der Waals surface area contributed by atoms with Gasteiger partial charge in [-0.3, -0.25) is 14.6 Å². The normalized spacial score (nSPS) is 10.4. The molecule has 0 fully saturated rings. The largest absolute Gasteiger partial charge is 0.355 e. The topological polar surface area (TPSA) is 110 Å². The van der Waals surface area contributed by atoms with Crippen LogP contribution in [0.2, 0.25) is 5.02 Å². The molecule has 0 atom stereocenters. The minimum atomic E-state index is -0.329. The molecule has 0 saturated carbocycles. The average Bonchev–Trinajstić information content (AvgIpc) is 3.17. The zero-order valence-electron chi connectivity index (χ0n) is 14.4. The maximum Gasteiger partial charge on any atom is 0.252 e. The first-order valence-corrected chi connectivity index (χ1v) is 8.49. The van der Waals surface area contributed by atoms with Gasteiger partial charge in [-0.15, -0.1) is 0 Å². The zero-order valence-corrected chi connectivity index (χ0v) is 15.2. The number of nitrogens with one attached hydrogen (secondary N) is 2. The molecule has 0 spiro atoms. The van der Waals surface area contributed by atoms with E-state index in [4.69, 9.17) is 16.1 Å². The minimum Gasteiger partial charge on any atom is -0.355 e. The van der Waals surface area contributed by atoms with Gasteiger partial charge >= 0.3 is 0 Å². The zero-order chi connectivity index (χ0) is 19.2. The number of amides is 2. The van der Waals surface area contributed by atoms with Crippen LogP contribution in [0.3, 0.4) is 0 Å². The lowest BCUT2D eigenvalue weighted by molar-refractivity contribution is -0.116. The highest BCUT2D eigenvalue weighted by Crippen LogP contribution is 2.21. The van der Waals surface area contributed by atoms with Crippen LogP contribution in [0.4, 0.5) is 5.69 Å². The Labute approximate surface area is 160 Å². The van der Waals surface area contributed by atoms with Gasteiger partial charge in [0.1, 0.15) is 0 Å². The van der Waals surface area contributed by atoms with Crippen molar-refractivity contribution >= 4 is 29.1 Å². The standard InChI is InChI=1S/C18H16ClN5O3/c1-20-18(26)13-9-12(4-5-14(13)19)22-15(25)6-7-16-23-17(24-27-16)11-3-2-8-21-10-11/h2-5,8-10H,6-7H2,1H3,(H,20,26)(H,22,25). The van der Waals surface area contributed by atoms with E-state index in [1.165, 1.54) is 13.1 Å². The first-order valence-electron chi connectivity index (χ1n) is 8.11. The van der Waals surface area contributed by atoms with Crippen molar-refractivity contribution in [2.75, 3.05) is 12.4 Å². The Morgan fingerprint density at radius 3 is 2.85 bits per heavy atom. The second kappa shape index (κ2) is 8.41. The summed E-state index contributed by atoms with van der Waals surface area (Å²) in [6.45, 7) is 0. The summed E-state index contributed by atoms with van der Waals surface area (Å²) < 4.78 is 5.16. The SMILES string of the molecule is CNC(=O)c1cc(NC(=O)CCc2nc(-c3cccnc3)no2)ccc1Cl. The number of carbonyl (C=O) groups excluding carboxylic acids is 2. The summed E-state index contributed by atoms with van der Waals surface area (Å²) in [5.41, 5.74) is 1.50. The van der Waals surface area contributed by atoms with Crippen LogP contribution in [-0.4, -0.2) is 34.0 Å². The van der Waals surface area contributed by atoms with Crippen LogP contribution in [0.1, 0.15) is 22.7 Å². The van der Waals surface area contributed by atoms with E-state index in [1.807, 2.05) is 6.07 Å². The number of carbonyl (C=O) groups is 2. The van der Waals surface area contributed by atoms with Gasteiger partial charge in [0, 0.05) is 43.5 Å². The third-order valence-electron chi connectivity index (χ3n) is 3.68. The highest BCUT2D eigenvalue weighted by atomic mass is 35.5. The molecular weight excluding hydrogens is 370 g/mol. The summed E-state index contributed by atoms with van der Waals surface area (Å²) in [4.78, 5) is 32.2. The van der Waals surface area contributed by atoms with Crippen LogP contribution in [-0.2, 0) is 11.2 Å². The van der Waals surface area contributed by atoms with Crippen molar-refractivity contribution < 1.29 is 14.1 Å². The molecule has 0 unspecified atom stereocenters. The molecule has 2 amide bonds. The van der Waals surface area contributed by atoms with Crippen molar-refractivity contribution in [1.82, 2.24) is 20.4 Å². The average molecular weight is 386 g/mol. The van der Waals surface area contributed by atoms with E-state index in [2.05, 4.69) is 25.8 Å². The molecule has 0 aliphatic heterocycles. The third-order valence-corrected chi connectivity index (χ3v) is 4.01. The van der Waals surface area contributed by atoms with E-state index < -0.39 is 0 Å². The lowest BCUT2D eigenvalue weighted by atomic mass is 10.2. The number of benzene rings is 1. The second-order valence-electron chi connectivity index (χ2n) is 5.58. The first kappa shape index (κ1) is 18.5. The lowest BCUT2D eigenvalue weighted by Crippen LogP contribution is -2.19. The first-order chi connectivity index (χ1) is 13.1. The van der Waals surface area contributed by atoms with E-state index in [1.54, 1.807) is 30.6 Å². The maximum absolute atomic E-state index is 12.2. The molecule has 0 aliphatic rings. The molecule has 3 aromatic rings. The van der Waals surface area contributed by atoms with Crippen LogP contribution < -0.4 is 10.6 Å². The maximum atomic E-state index is 12.2. The predicted octanol–water partition coefficient (Wildman–Crippen LogP) is 2.72. The van der Waals surface area contributed by atoms with Crippen molar-refractivity contribution in [1.29, 1.82) is 0 Å². The molecule has 3 rings (SSSR count). The molecule has 27 heavy (non-hydrogen) atoms. The summed E-state index contributed by atoms with van der Waals surface area (Å²) in [5, 5.41) is 9.40. The molecule has 9 heteroatoms. The van der Waals surface area contributed by atoms with Gasteiger partial charge in [0.2, 0.25) is 17.6 Å². The van der Waals surface area contributed by atoms with Crippen LogP contribution in [0.15, 0.2) is 47.2 Å². The molecule has 0 saturated heterocycles. The fourth-order valence-electron chi connectivity index (χ4n) is 2.32. The van der Waals surface area contributed by atoms with Crippen molar-refractivity contribution in [3.8, 4) is 11.4 Å². The van der Waals surface area contributed by atoms with Gasteiger partial charge in [-0.2, -0.15) is 4.98 Å². The number of hydrogen-bond donors (Lipinski definition) is 2. The number of halogens is 1. The molecule has 2 N–H and O–H groups in total. The Bertz CT molecular complexity index is 959. The molecule has 8 nitrogen and oxygen atoms in total.